The number of piperidine rings is 1. The number of aliphatic hydroxyl groups is 1. The highest BCUT2D eigenvalue weighted by Crippen LogP contribution is 2.26. The Morgan fingerprint density at radius 3 is 2.28 bits per heavy atom. The van der Waals surface area contributed by atoms with Crippen LogP contribution in [0.4, 0.5) is 4.79 Å². The minimum atomic E-state index is -1.04. The second kappa shape index (κ2) is 10.5. The van der Waals surface area contributed by atoms with Crippen LogP contribution >= 0.6 is 0 Å². The van der Waals surface area contributed by atoms with Crippen molar-refractivity contribution in [3.8, 4) is 11.8 Å². The average molecular weight is 445 g/mol. The van der Waals surface area contributed by atoms with E-state index in [9.17, 15) is 20.0 Å². The van der Waals surface area contributed by atoms with E-state index in [0.717, 1.165) is 0 Å². The number of carbonyl (C=O) groups is 2. The number of carbonyl (C=O) groups excluding carboxylic acids is 2. The molecule has 32 heavy (non-hydrogen) atoms. The van der Waals surface area contributed by atoms with E-state index >= 15 is 0 Å². The zero-order chi connectivity index (χ0) is 23.9. The molecule has 0 radical (unpaired) electrons. The number of likely N-dealkylation sites (tertiary alicyclic amines) is 1. The van der Waals surface area contributed by atoms with Crippen molar-refractivity contribution in [1.82, 2.24) is 4.90 Å². The van der Waals surface area contributed by atoms with Crippen molar-refractivity contribution in [2.45, 2.75) is 58.7 Å². The lowest BCUT2D eigenvalue weighted by atomic mass is 9.92. The monoisotopic (exact) mass is 444 g/mol. The summed E-state index contributed by atoms with van der Waals surface area (Å²) in [5.41, 5.74) is -0.411. The normalized spacial score (nSPS) is 16.5. The summed E-state index contributed by atoms with van der Waals surface area (Å²) in [7, 11) is 0. The van der Waals surface area contributed by atoms with Gasteiger partial charge in [-0.05, 0) is 70.7 Å². The molecule has 174 valence electrons. The van der Waals surface area contributed by atoms with Gasteiger partial charge in [0.15, 0.2) is 0 Å². The van der Waals surface area contributed by atoms with Crippen LogP contribution in [0.5, 0.6) is 5.75 Å². The molecule has 1 amide bonds. The van der Waals surface area contributed by atoms with Crippen molar-refractivity contribution >= 4 is 17.6 Å². The van der Waals surface area contributed by atoms with E-state index in [1.54, 1.807) is 43.0 Å². The number of allylic oxidation sites excluding steroid dienone is 1. The van der Waals surface area contributed by atoms with Crippen LogP contribution in [0.3, 0.4) is 0 Å². The molecule has 1 fully saturated rings. The Bertz CT molecular complexity index is 885. The third-order valence-electron chi connectivity index (χ3n) is 5.11. The minimum absolute atomic E-state index is 0.0356. The fourth-order valence-corrected chi connectivity index (χ4v) is 3.23. The molecule has 8 heteroatoms. The van der Waals surface area contributed by atoms with E-state index in [4.69, 9.17) is 14.2 Å². The molecular weight excluding hydrogens is 412 g/mol. The second-order valence-corrected chi connectivity index (χ2v) is 8.84. The average Bonchev–Trinajstić information content (AvgIpc) is 2.72. The van der Waals surface area contributed by atoms with Crippen molar-refractivity contribution in [3.05, 3.63) is 35.4 Å². The van der Waals surface area contributed by atoms with Gasteiger partial charge in [-0.3, -0.25) is 0 Å². The highest BCUT2D eigenvalue weighted by molar-refractivity contribution is 6.01. The Hall–Kier alpha value is -3.05. The van der Waals surface area contributed by atoms with Crippen LogP contribution in [0.15, 0.2) is 29.8 Å². The molecule has 2 rings (SSSR count). The SMILES string of the molecule is CCOC(=O)C(C#N)=C(C)c1ccc(OCC2(O)CCN(C(=O)OC(C)(C)C)CC2)cc1. The van der Waals surface area contributed by atoms with Crippen molar-refractivity contribution < 1.29 is 28.9 Å². The first kappa shape index (κ1) is 25.2. The lowest BCUT2D eigenvalue weighted by molar-refractivity contribution is -0.137. The Balaban J connectivity index is 1.94. The number of esters is 1. The third-order valence-corrected chi connectivity index (χ3v) is 5.11. The molecule has 1 heterocycles. The molecule has 0 bridgehead atoms. The summed E-state index contributed by atoms with van der Waals surface area (Å²) in [5.74, 6) is -0.0908. The van der Waals surface area contributed by atoms with Crippen LogP contribution in [-0.4, -0.2) is 59.6 Å². The van der Waals surface area contributed by atoms with E-state index in [0.29, 0.717) is 42.8 Å². The number of hydrogen-bond donors (Lipinski definition) is 1. The third kappa shape index (κ3) is 6.99. The van der Waals surface area contributed by atoms with Crippen LogP contribution in [0.2, 0.25) is 0 Å². The van der Waals surface area contributed by atoms with Gasteiger partial charge in [0.2, 0.25) is 0 Å². The first-order valence-corrected chi connectivity index (χ1v) is 10.7. The summed E-state index contributed by atoms with van der Waals surface area (Å²) in [5, 5.41) is 20.1. The molecule has 0 spiro atoms. The topological polar surface area (TPSA) is 109 Å². The van der Waals surface area contributed by atoms with Crippen LogP contribution in [0.25, 0.3) is 5.57 Å². The van der Waals surface area contributed by atoms with E-state index in [1.807, 2.05) is 26.8 Å². The molecule has 0 atom stereocenters. The Morgan fingerprint density at radius 2 is 1.78 bits per heavy atom. The fraction of sp³-hybridized carbons (Fsp3) is 0.542. The maximum Gasteiger partial charge on any atom is 0.410 e. The summed E-state index contributed by atoms with van der Waals surface area (Å²) in [4.78, 5) is 25.7. The van der Waals surface area contributed by atoms with E-state index < -0.39 is 17.2 Å². The molecule has 8 nitrogen and oxygen atoms in total. The summed E-state index contributed by atoms with van der Waals surface area (Å²) in [6.45, 7) is 9.90. The first-order valence-electron chi connectivity index (χ1n) is 10.7. The van der Waals surface area contributed by atoms with Gasteiger partial charge in [0.1, 0.15) is 35.2 Å². The predicted octanol–water partition coefficient (Wildman–Crippen LogP) is 3.69. The molecule has 0 unspecified atom stereocenters. The van der Waals surface area contributed by atoms with Crippen LogP contribution in [-0.2, 0) is 14.3 Å². The van der Waals surface area contributed by atoms with Gasteiger partial charge < -0.3 is 24.2 Å². The summed E-state index contributed by atoms with van der Waals surface area (Å²) in [6, 6.07) is 8.83. The van der Waals surface area contributed by atoms with Gasteiger partial charge in [0, 0.05) is 13.1 Å². The number of ether oxygens (including phenoxy) is 3. The fourth-order valence-electron chi connectivity index (χ4n) is 3.23. The summed E-state index contributed by atoms with van der Waals surface area (Å²) < 4.78 is 16.1. The van der Waals surface area contributed by atoms with Gasteiger partial charge in [-0.15, -0.1) is 0 Å². The molecule has 0 saturated carbocycles. The number of nitrogens with zero attached hydrogens (tertiary/aromatic N) is 2. The zero-order valence-corrected chi connectivity index (χ0v) is 19.4. The van der Waals surface area contributed by atoms with Gasteiger partial charge in [0.05, 0.1) is 6.61 Å². The molecule has 1 aliphatic heterocycles. The molecule has 0 aliphatic carbocycles. The highest BCUT2D eigenvalue weighted by atomic mass is 16.6. The molecule has 1 aliphatic rings. The largest absolute Gasteiger partial charge is 0.491 e. The lowest BCUT2D eigenvalue weighted by Gasteiger charge is -2.38. The highest BCUT2D eigenvalue weighted by Gasteiger charge is 2.36. The van der Waals surface area contributed by atoms with E-state index in [1.165, 1.54) is 0 Å². The second-order valence-electron chi connectivity index (χ2n) is 8.84. The number of benzene rings is 1. The molecule has 1 aromatic carbocycles. The Morgan fingerprint density at radius 1 is 1.19 bits per heavy atom. The lowest BCUT2D eigenvalue weighted by Crippen LogP contribution is -2.50. The van der Waals surface area contributed by atoms with E-state index in [2.05, 4.69) is 0 Å². The number of hydrogen-bond acceptors (Lipinski definition) is 7. The zero-order valence-electron chi connectivity index (χ0n) is 19.4. The molecule has 1 N–H and O–H groups in total. The first-order chi connectivity index (χ1) is 15.0. The molecular formula is C24H32N2O6. The predicted molar refractivity (Wildman–Crippen MR) is 119 cm³/mol. The molecule has 0 aromatic heterocycles. The molecule has 1 saturated heterocycles. The standard InChI is InChI=1S/C24H32N2O6/c1-6-30-21(27)20(15-25)17(2)18-7-9-19(10-8-18)31-16-24(29)11-13-26(14-12-24)22(28)32-23(3,4)5/h7-10,29H,6,11-14,16H2,1-5H3. The van der Waals surface area contributed by atoms with Crippen LogP contribution in [0, 0.1) is 11.3 Å². The van der Waals surface area contributed by atoms with Crippen molar-refractivity contribution in [2.24, 2.45) is 0 Å². The smallest absolute Gasteiger partial charge is 0.410 e. The summed E-state index contributed by atoms with van der Waals surface area (Å²) >= 11 is 0. The van der Waals surface area contributed by atoms with Gasteiger partial charge in [-0.2, -0.15) is 5.26 Å². The van der Waals surface area contributed by atoms with Gasteiger partial charge >= 0.3 is 12.1 Å². The van der Waals surface area contributed by atoms with Gasteiger partial charge in [0.25, 0.3) is 0 Å². The van der Waals surface area contributed by atoms with Crippen molar-refractivity contribution in [3.63, 3.8) is 0 Å². The van der Waals surface area contributed by atoms with Crippen LogP contribution < -0.4 is 4.74 Å². The maximum absolute atomic E-state index is 12.2. The minimum Gasteiger partial charge on any atom is -0.491 e. The van der Waals surface area contributed by atoms with Gasteiger partial charge in [-0.1, -0.05) is 12.1 Å². The summed E-state index contributed by atoms with van der Waals surface area (Å²) in [6.07, 6.45) is 0.396. The number of nitriles is 1. The Kier molecular flexibility index (Phi) is 8.28. The quantitative estimate of drug-likeness (QED) is 0.405. The van der Waals surface area contributed by atoms with Gasteiger partial charge in [-0.25, -0.2) is 9.59 Å². The van der Waals surface area contributed by atoms with Crippen molar-refractivity contribution in [1.29, 1.82) is 5.26 Å². The Labute approximate surface area is 189 Å². The van der Waals surface area contributed by atoms with Crippen LogP contribution in [0.1, 0.15) is 53.0 Å². The van der Waals surface area contributed by atoms with E-state index in [-0.39, 0.29) is 24.9 Å². The van der Waals surface area contributed by atoms with Crippen molar-refractivity contribution in [2.75, 3.05) is 26.3 Å². The molecule has 1 aromatic rings. The number of amides is 1. The maximum atomic E-state index is 12.2. The number of rotatable bonds is 6.